The van der Waals surface area contributed by atoms with Crippen LogP contribution in [0.5, 0.6) is 0 Å². The van der Waals surface area contributed by atoms with Crippen molar-refractivity contribution in [2.24, 2.45) is 10.2 Å². The Morgan fingerprint density at radius 1 is 1.18 bits per heavy atom. The predicted octanol–water partition coefficient (Wildman–Crippen LogP) is 2.20. The molecule has 0 amide bonds. The molecule has 13 heteroatoms. The summed E-state index contributed by atoms with van der Waals surface area (Å²) >= 11 is 0. The van der Waals surface area contributed by atoms with E-state index < -0.39 is 21.5 Å². The first-order valence-electron chi connectivity index (χ1n) is 10.8. The number of nitrogens with zero attached hydrogens (tertiary/aromatic N) is 6. The number of sulfonamides is 1. The number of primary sulfonamides is 1. The van der Waals surface area contributed by atoms with Crippen LogP contribution in [0.15, 0.2) is 40.6 Å². The first-order chi connectivity index (χ1) is 16.2. The average Bonchev–Trinajstić information content (AvgIpc) is 3.18. The van der Waals surface area contributed by atoms with Gasteiger partial charge in [0, 0.05) is 31.8 Å². The van der Waals surface area contributed by atoms with E-state index in [9.17, 15) is 13.2 Å². The lowest BCUT2D eigenvalue weighted by Gasteiger charge is -2.43. The number of nitrogens with one attached hydrogen (secondary N) is 1. The van der Waals surface area contributed by atoms with Crippen molar-refractivity contribution in [3.8, 4) is 0 Å². The molecule has 1 aliphatic carbocycles. The summed E-state index contributed by atoms with van der Waals surface area (Å²) in [6.45, 7) is 1.38. The standard InChI is InChI=1S/C21H24N8O4S/c1-13(30)33-19-21(8-4-3-5-9-21)29-17(28(2)27-19)10-14-11-24-20(26-18(14)29)25-16-7-6-15(12-23-16)34(22,31)32/h6-7,10-12H,3-5,8-9H2,1-2H3,(H2,22,31,32)(H,23,24,25,26). The number of aromatic nitrogens is 4. The van der Waals surface area contributed by atoms with E-state index in [1.165, 1.54) is 25.3 Å². The molecule has 0 aromatic carbocycles. The molecule has 5 rings (SSSR count). The summed E-state index contributed by atoms with van der Waals surface area (Å²) in [6, 6.07) is 4.81. The zero-order chi connectivity index (χ0) is 24.1. The summed E-state index contributed by atoms with van der Waals surface area (Å²) < 4.78 is 30.6. The highest BCUT2D eigenvalue weighted by molar-refractivity contribution is 7.89. The van der Waals surface area contributed by atoms with Crippen molar-refractivity contribution in [1.82, 2.24) is 19.5 Å². The molecule has 1 saturated carbocycles. The van der Waals surface area contributed by atoms with Gasteiger partial charge >= 0.3 is 5.97 Å². The average molecular weight is 485 g/mol. The van der Waals surface area contributed by atoms with Crippen LogP contribution in [0.4, 0.5) is 17.6 Å². The van der Waals surface area contributed by atoms with Crippen molar-refractivity contribution in [1.29, 1.82) is 0 Å². The van der Waals surface area contributed by atoms with Gasteiger partial charge in [0.2, 0.25) is 21.9 Å². The Hall–Kier alpha value is -3.58. The number of esters is 1. The molecule has 12 nitrogen and oxygen atoms in total. The number of nitrogens with two attached hydrogens (primary N) is 1. The van der Waals surface area contributed by atoms with Crippen LogP contribution in [0.25, 0.3) is 11.0 Å². The van der Waals surface area contributed by atoms with Gasteiger partial charge in [0.15, 0.2) is 0 Å². The molecule has 0 atom stereocenters. The minimum absolute atomic E-state index is 0.0883. The summed E-state index contributed by atoms with van der Waals surface area (Å²) in [5.41, 5.74) is 0.0519. The monoisotopic (exact) mass is 484 g/mol. The number of carbonyl (C=O) groups excluding carboxylic acids is 1. The molecule has 3 N–H and O–H groups in total. The van der Waals surface area contributed by atoms with Crippen LogP contribution in [0, 0.1) is 0 Å². The fraction of sp³-hybridized carbons (Fsp3) is 0.381. The Bertz CT molecular complexity index is 1410. The van der Waals surface area contributed by atoms with Gasteiger partial charge < -0.3 is 10.1 Å². The van der Waals surface area contributed by atoms with Gasteiger partial charge in [0.05, 0.1) is 0 Å². The number of hydrogen-bond acceptors (Lipinski definition) is 10. The van der Waals surface area contributed by atoms with Crippen LogP contribution in [-0.2, 0) is 25.1 Å². The number of ether oxygens (including phenoxy) is 1. The molecule has 1 spiro atoms. The van der Waals surface area contributed by atoms with Gasteiger partial charge in [-0.15, -0.1) is 5.10 Å². The molecule has 1 fully saturated rings. The largest absolute Gasteiger partial charge is 0.407 e. The number of fused-ring (bicyclic) bond motifs is 4. The maximum atomic E-state index is 11.9. The molecule has 4 heterocycles. The van der Waals surface area contributed by atoms with Crippen LogP contribution in [0.1, 0.15) is 39.0 Å². The third-order valence-corrected chi connectivity index (χ3v) is 7.04. The molecule has 3 aromatic heterocycles. The van der Waals surface area contributed by atoms with Crippen molar-refractivity contribution >= 4 is 50.5 Å². The number of carbonyl (C=O) groups is 1. The highest BCUT2D eigenvalue weighted by Crippen LogP contribution is 2.45. The summed E-state index contributed by atoms with van der Waals surface area (Å²) in [7, 11) is -2.04. The van der Waals surface area contributed by atoms with Crippen LogP contribution in [-0.4, -0.2) is 46.9 Å². The normalized spacial score (nSPS) is 17.4. The fourth-order valence-corrected chi connectivity index (χ4v) is 5.09. The Morgan fingerprint density at radius 3 is 2.59 bits per heavy atom. The molecular weight excluding hydrogens is 460 g/mol. The van der Waals surface area contributed by atoms with Gasteiger partial charge in [0.1, 0.15) is 27.7 Å². The molecule has 0 radical (unpaired) electrons. The molecule has 3 aromatic rings. The topological polar surface area (TPSA) is 158 Å². The molecule has 2 aliphatic rings. The second-order valence-electron chi connectivity index (χ2n) is 8.47. The smallest absolute Gasteiger partial charge is 0.309 e. The zero-order valence-corrected chi connectivity index (χ0v) is 19.5. The number of pyridine rings is 1. The van der Waals surface area contributed by atoms with Crippen LogP contribution in [0.3, 0.4) is 0 Å². The first-order valence-corrected chi connectivity index (χ1v) is 12.4. The van der Waals surface area contributed by atoms with Crippen LogP contribution >= 0.6 is 0 Å². The van der Waals surface area contributed by atoms with E-state index in [4.69, 9.17) is 14.9 Å². The van der Waals surface area contributed by atoms with Crippen LogP contribution in [0.2, 0.25) is 0 Å². The van der Waals surface area contributed by atoms with E-state index in [0.29, 0.717) is 17.4 Å². The van der Waals surface area contributed by atoms with Gasteiger partial charge in [-0.2, -0.15) is 4.98 Å². The van der Waals surface area contributed by atoms with Crippen molar-refractivity contribution in [3.63, 3.8) is 0 Å². The molecular formula is C21H24N8O4S. The lowest BCUT2D eigenvalue weighted by molar-refractivity contribution is -0.133. The van der Waals surface area contributed by atoms with Crippen molar-refractivity contribution in [2.75, 3.05) is 17.4 Å². The summed E-state index contributed by atoms with van der Waals surface area (Å²) in [5, 5.41) is 15.2. The van der Waals surface area contributed by atoms with E-state index in [0.717, 1.165) is 43.3 Å². The maximum absolute atomic E-state index is 11.9. The Morgan fingerprint density at radius 2 is 1.94 bits per heavy atom. The number of hydrogen-bond donors (Lipinski definition) is 2. The minimum atomic E-state index is -3.84. The lowest BCUT2D eigenvalue weighted by Crippen LogP contribution is -2.50. The minimum Gasteiger partial charge on any atom is -0.407 e. The first kappa shape index (κ1) is 22.2. The summed E-state index contributed by atoms with van der Waals surface area (Å²) in [4.78, 5) is 25.0. The Kier molecular flexibility index (Phi) is 5.24. The fourth-order valence-electron chi connectivity index (χ4n) is 4.63. The van der Waals surface area contributed by atoms with Gasteiger partial charge in [-0.25, -0.2) is 28.5 Å². The van der Waals surface area contributed by atoms with Crippen molar-refractivity contribution in [2.45, 2.75) is 49.5 Å². The van der Waals surface area contributed by atoms with E-state index in [1.807, 2.05) is 6.07 Å². The zero-order valence-electron chi connectivity index (χ0n) is 18.7. The lowest BCUT2D eigenvalue weighted by atomic mass is 9.80. The predicted molar refractivity (Wildman–Crippen MR) is 125 cm³/mol. The third-order valence-electron chi connectivity index (χ3n) is 6.15. The highest BCUT2D eigenvalue weighted by Gasteiger charge is 2.47. The maximum Gasteiger partial charge on any atom is 0.309 e. The highest BCUT2D eigenvalue weighted by atomic mass is 32.2. The van der Waals surface area contributed by atoms with E-state index in [2.05, 4.69) is 25.0 Å². The van der Waals surface area contributed by atoms with E-state index in [1.54, 1.807) is 18.3 Å². The molecule has 178 valence electrons. The third kappa shape index (κ3) is 3.76. The van der Waals surface area contributed by atoms with Crippen LogP contribution < -0.4 is 15.5 Å². The number of rotatable bonds is 3. The SMILES string of the molecule is CC(=O)OC1=NN(C)c2cc3cnc(Nc4ccc(S(N)(=O)=O)cn4)nc3n2C12CCCCC2. The van der Waals surface area contributed by atoms with Gasteiger partial charge in [0.25, 0.3) is 0 Å². The molecule has 34 heavy (non-hydrogen) atoms. The number of hydrazone groups is 1. The number of anilines is 3. The molecule has 1 aliphatic heterocycles. The van der Waals surface area contributed by atoms with Gasteiger partial charge in [-0.1, -0.05) is 19.3 Å². The van der Waals surface area contributed by atoms with E-state index >= 15 is 0 Å². The second-order valence-corrected chi connectivity index (χ2v) is 10.0. The quantitative estimate of drug-likeness (QED) is 0.532. The van der Waals surface area contributed by atoms with Gasteiger partial charge in [-0.3, -0.25) is 9.36 Å². The molecule has 0 bridgehead atoms. The summed E-state index contributed by atoms with van der Waals surface area (Å²) in [5.74, 6) is 1.44. The Labute approximate surface area is 195 Å². The Balaban J connectivity index is 1.58. The van der Waals surface area contributed by atoms with E-state index in [-0.39, 0.29) is 10.8 Å². The van der Waals surface area contributed by atoms with Crippen molar-refractivity contribution < 1.29 is 17.9 Å². The molecule has 0 unspecified atom stereocenters. The molecule has 0 saturated heterocycles. The van der Waals surface area contributed by atoms with Gasteiger partial charge in [-0.05, 0) is 31.0 Å². The van der Waals surface area contributed by atoms with Crippen molar-refractivity contribution in [3.05, 3.63) is 30.6 Å². The summed E-state index contributed by atoms with van der Waals surface area (Å²) in [6.07, 6.45) is 7.45. The second kappa shape index (κ2) is 8.02.